The number of nitrogens with two attached hydrogens (primary N) is 4. The first kappa shape index (κ1) is 70.2. The lowest BCUT2D eigenvalue weighted by Gasteiger charge is -2.29. The minimum absolute atomic E-state index is 0.0159. The van der Waals surface area contributed by atoms with E-state index in [0.29, 0.717) is 5.56 Å². The van der Waals surface area contributed by atoms with Gasteiger partial charge in [0.25, 0.3) is 0 Å². The van der Waals surface area contributed by atoms with Gasteiger partial charge >= 0.3 is 5.97 Å². The van der Waals surface area contributed by atoms with Crippen molar-refractivity contribution in [3.63, 3.8) is 0 Å². The van der Waals surface area contributed by atoms with E-state index in [9.17, 15) is 72.9 Å². The van der Waals surface area contributed by atoms with Crippen molar-refractivity contribution in [2.75, 3.05) is 6.54 Å². The number of ketones is 4. The van der Waals surface area contributed by atoms with Crippen LogP contribution >= 0.6 is 0 Å². The molecule has 7 amide bonds. The Bertz CT molecular complexity index is 2990. The van der Waals surface area contributed by atoms with Crippen LogP contribution in [-0.2, 0) is 70.4 Å². The highest BCUT2D eigenvalue weighted by Gasteiger charge is 2.38. The number of primary amides is 2. The second-order valence-corrected chi connectivity index (χ2v) is 23.6. The highest BCUT2D eigenvalue weighted by atomic mass is 16.4. The number of rotatable bonds is 40. The fourth-order valence-corrected chi connectivity index (χ4v) is 11.2. The number of aromatic nitrogens is 1. The van der Waals surface area contributed by atoms with Gasteiger partial charge in [-0.3, -0.25) is 62.5 Å². The van der Waals surface area contributed by atoms with E-state index in [1.165, 1.54) is 38.1 Å². The summed E-state index contributed by atoms with van der Waals surface area (Å²) in [4.78, 5) is 169. The molecule has 0 radical (unpaired) electrons. The smallest absolute Gasteiger partial charge is 0.303 e. The predicted octanol–water partition coefficient (Wildman–Crippen LogP) is 1.61. The minimum Gasteiger partial charge on any atom is -0.508 e. The number of carboxylic acid groups (broad SMARTS) is 1. The highest BCUT2D eigenvalue weighted by molar-refractivity contribution is 5.99. The van der Waals surface area contributed by atoms with Crippen LogP contribution in [0.15, 0.2) is 59.7 Å². The molecule has 480 valence electrons. The number of aromatic hydroxyl groups is 1. The fourth-order valence-electron chi connectivity index (χ4n) is 11.2. The van der Waals surface area contributed by atoms with Crippen LogP contribution in [0.2, 0.25) is 0 Å². The van der Waals surface area contributed by atoms with E-state index in [-0.39, 0.29) is 75.0 Å². The molecular formula is C62H87N11O15. The Morgan fingerprint density at radius 2 is 1.19 bits per heavy atom. The third kappa shape index (κ3) is 24.0. The van der Waals surface area contributed by atoms with E-state index >= 15 is 0 Å². The minimum atomic E-state index is -1.73. The fraction of sp³-hybridized carbons (Fsp3) is 0.565. The van der Waals surface area contributed by atoms with Crippen molar-refractivity contribution in [1.82, 2.24) is 31.6 Å². The van der Waals surface area contributed by atoms with Crippen LogP contribution in [0.3, 0.4) is 0 Å². The number of carboxylic acids is 1. The normalized spacial score (nSPS) is 16.4. The Kier molecular flexibility index (Phi) is 27.7. The maximum absolute atomic E-state index is 14.3. The van der Waals surface area contributed by atoms with E-state index in [1.807, 2.05) is 24.3 Å². The quantitative estimate of drug-likeness (QED) is 0.0218. The number of guanidine groups is 1. The number of hydrogen-bond acceptors (Lipinski definition) is 15. The number of aliphatic carboxylic acids is 1. The summed E-state index contributed by atoms with van der Waals surface area (Å²) in [7, 11) is 0. The van der Waals surface area contributed by atoms with Crippen LogP contribution in [0.4, 0.5) is 0 Å². The average molecular weight is 1230 g/mol. The number of aliphatic hydroxyl groups excluding tert-OH is 1. The molecule has 2 fully saturated rings. The molecule has 0 aliphatic heterocycles. The van der Waals surface area contributed by atoms with E-state index in [2.05, 4.69) is 36.6 Å². The molecular weight excluding hydrogens is 1140 g/mol. The number of fused-ring (bicyclic) bond motifs is 1. The first-order chi connectivity index (χ1) is 41.8. The Morgan fingerprint density at radius 3 is 1.78 bits per heavy atom. The number of para-hydroxylation sites is 1. The Balaban J connectivity index is 1.27. The molecule has 0 saturated heterocycles. The molecule has 2 saturated carbocycles. The monoisotopic (exact) mass is 1230 g/mol. The highest BCUT2D eigenvalue weighted by Crippen LogP contribution is 2.35. The third-order valence-electron chi connectivity index (χ3n) is 16.3. The van der Waals surface area contributed by atoms with Gasteiger partial charge in [0.1, 0.15) is 11.8 Å². The van der Waals surface area contributed by atoms with Crippen LogP contribution in [0, 0.1) is 29.6 Å². The number of aromatic amines is 1. The number of H-pyrrole nitrogens is 1. The molecule has 9 atom stereocenters. The van der Waals surface area contributed by atoms with Gasteiger partial charge < -0.3 is 69.8 Å². The van der Waals surface area contributed by atoms with Gasteiger partial charge in [-0.1, -0.05) is 75.3 Å². The second-order valence-electron chi connectivity index (χ2n) is 23.6. The number of carbonyl (C=O) groups excluding carboxylic acids is 11. The number of amides is 7. The van der Waals surface area contributed by atoms with Crippen molar-refractivity contribution in [2.24, 2.45) is 57.5 Å². The van der Waals surface area contributed by atoms with Gasteiger partial charge in [0, 0.05) is 87.3 Å². The standard InChI is InChI=1S/C62H87N11O15/c1-34(74)44(31-54(80)49(32-55(63)81)71-60(87)40(18-23-57(83)84)30-52(78)47(69-35(2)75)26-38-16-19-42(76)20-17-38)61(88)72-46(25-36-9-4-3-5-10-36)51(77)21-22-56(82)70-48(27-37-14-15-37)53(79)29-39(11-8-24-67-62(65)66)59(86)73-50(58(64)85)28-41-33-68-45-13-7-6-12-43(41)45/h6-7,12-13,16-17,19-20,33-34,36-37,39-40,44,46-50,68,74,76H,3-5,8-11,14-15,18,21-32H2,1-2H3,(H2,63,81)(H2,64,85)(H,69,75)(H,70,82)(H,71,87)(H,72,88)(H,73,86)(H,83,84)(H4,65,66,67)/t34-,39-,40-,44+,46+,47-,48+,49+,50+/m1/s1. The molecule has 0 spiro atoms. The first-order valence-corrected chi connectivity index (χ1v) is 30.2. The van der Waals surface area contributed by atoms with E-state index in [1.54, 1.807) is 6.20 Å². The van der Waals surface area contributed by atoms with Gasteiger partial charge in [0.2, 0.25) is 41.4 Å². The van der Waals surface area contributed by atoms with Crippen molar-refractivity contribution in [1.29, 1.82) is 0 Å². The van der Waals surface area contributed by atoms with Crippen molar-refractivity contribution in [3.8, 4) is 5.75 Å². The number of hydrogen-bond donors (Lipinski definition) is 13. The number of phenols is 1. The molecule has 0 bridgehead atoms. The molecule has 1 heterocycles. The molecule has 2 aliphatic carbocycles. The van der Waals surface area contributed by atoms with Gasteiger partial charge in [-0.15, -0.1) is 0 Å². The van der Waals surface area contributed by atoms with Crippen LogP contribution in [0.5, 0.6) is 5.75 Å². The first-order valence-electron chi connectivity index (χ1n) is 30.2. The van der Waals surface area contributed by atoms with Gasteiger partial charge in [-0.25, -0.2) is 0 Å². The third-order valence-corrected chi connectivity index (χ3v) is 16.3. The van der Waals surface area contributed by atoms with Gasteiger partial charge in [0.15, 0.2) is 29.1 Å². The molecule has 5 rings (SSSR count). The largest absolute Gasteiger partial charge is 0.508 e. The van der Waals surface area contributed by atoms with Crippen molar-refractivity contribution in [3.05, 3.63) is 65.9 Å². The molecule has 26 heteroatoms. The number of aliphatic hydroxyl groups is 1. The molecule has 3 aromatic rings. The van der Waals surface area contributed by atoms with Gasteiger partial charge in [-0.2, -0.15) is 0 Å². The molecule has 26 nitrogen and oxygen atoms in total. The van der Waals surface area contributed by atoms with Crippen LogP contribution in [-0.4, -0.2) is 140 Å². The summed E-state index contributed by atoms with van der Waals surface area (Å²) in [5, 5.41) is 44.3. The number of aliphatic imine (C=N–C) groups is 1. The van der Waals surface area contributed by atoms with Gasteiger partial charge in [-0.05, 0) is 86.6 Å². The molecule has 1 aromatic heterocycles. The molecule has 88 heavy (non-hydrogen) atoms. The van der Waals surface area contributed by atoms with Crippen molar-refractivity contribution < 1.29 is 72.9 Å². The summed E-state index contributed by atoms with van der Waals surface area (Å²) >= 11 is 0. The predicted molar refractivity (Wildman–Crippen MR) is 323 cm³/mol. The maximum Gasteiger partial charge on any atom is 0.303 e. The van der Waals surface area contributed by atoms with E-state index in [4.69, 9.17) is 22.9 Å². The summed E-state index contributed by atoms with van der Waals surface area (Å²) < 4.78 is 0. The zero-order valence-electron chi connectivity index (χ0n) is 50.1. The molecule has 2 aromatic carbocycles. The summed E-state index contributed by atoms with van der Waals surface area (Å²) in [6.45, 7) is 2.54. The number of nitrogens with one attached hydrogen (secondary N) is 6. The van der Waals surface area contributed by atoms with Crippen LogP contribution in [0.1, 0.15) is 147 Å². The van der Waals surface area contributed by atoms with Crippen molar-refractivity contribution in [2.45, 2.75) is 185 Å². The SMILES string of the molecule is CC(=O)N[C@H](Cc1ccc(O)cc1)C(=O)C[C@@H](CCC(=O)O)C(=O)N[C@@H](CC(N)=O)C(=O)C[C@H](C(=O)N[C@@H](CC1CCCCC1)C(=O)CCC(=O)N[C@@H](CC1CC1)C(=O)C[C@@H](CCCN=C(N)N)C(=O)N[C@@H](Cc1c[nH]c2ccccc12)C(N)=O)[C@@H](C)O. The second kappa shape index (κ2) is 34.7. The summed E-state index contributed by atoms with van der Waals surface area (Å²) in [6.07, 6.45) is 2.47. The number of nitrogens with zero attached hydrogens (tertiary/aromatic N) is 1. The Hall–Kier alpha value is -8.55. The Labute approximate surface area is 510 Å². The number of Topliss-reactive ketones (excluding diaryl/α,β-unsaturated/α-hetero) is 4. The lowest BCUT2D eigenvalue weighted by molar-refractivity contribution is -0.139. The topological polar surface area (TPSA) is 458 Å². The number of carbonyl (C=O) groups is 12. The zero-order valence-corrected chi connectivity index (χ0v) is 50.1. The molecule has 2 aliphatic rings. The van der Waals surface area contributed by atoms with Crippen molar-refractivity contribution >= 4 is 87.3 Å². The lowest BCUT2D eigenvalue weighted by Crippen LogP contribution is -2.50. The van der Waals surface area contributed by atoms with Crippen LogP contribution < -0.4 is 49.5 Å². The molecule has 17 N–H and O–H groups in total. The number of phenolic OH excluding ortho intramolecular Hbond substituents is 1. The van der Waals surface area contributed by atoms with Gasteiger partial charge in [0.05, 0.1) is 42.6 Å². The van der Waals surface area contributed by atoms with Crippen LogP contribution in [0.25, 0.3) is 10.9 Å². The zero-order chi connectivity index (χ0) is 64.6. The molecule has 0 unspecified atom stereocenters. The Morgan fingerprint density at radius 1 is 0.614 bits per heavy atom. The lowest BCUT2D eigenvalue weighted by atomic mass is 9.83. The summed E-state index contributed by atoms with van der Waals surface area (Å²) in [5.41, 5.74) is 24.5. The maximum atomic E-state index is 14.3. The van der Waals surface area contributed by atoms with E-state index in [0.717, 1.165) is 61.4 Å². The van der Waals surface area contributed by atoms with E-state index < -0.39 is 169 Å². The number of benzene rings is 2. The summed E-state index contributed by atoms with van der Waals surface area (Å²) in [5.74, 6) is -13.7. The average Bonchev–Trinajstić information content (AvgIpc) is 4.38. The summed E-state index contributed by atoms with van der Waals surface area (Å²) in [6, 6.07) is 6.90.